The summed E-state index contributed by atoms with van der Waals surface area (Å²) in [5.41, 5.74) is 1.46. The molecular formula is C12H21NS2. The van der Waals surface area contributed by atoms with E-state index in [-0.39, 0.29) is 0 Å². The zero-order chi connectivity index (χ0) is 11.1. The molecule has 0 saturated carbocycles. The summed E-state index contributed by atoms with van der Waals surface area (Å²) in [6, 6.07) is 3.46. The van der Waals surface area contributed by atoms with Crippen LogP contribution in [0.15, 0.2) is 16.8 Å². The van der Waals surface area contributed by atoms with Gasteiger partial charge >= 0.3 is 0 Å². The molecule has 1 nitrogen and oxygen atoms in total. The molecule has 1 N–H and O–H groups in total. The number of nitrogens with one attached hydrogen (secondary N) is 1. The van der Waals surface area contributed by atoms with Gasteiger partial charge in [0.1, 0.15) is 0 Å². The molecule has 0 aliphatic heterocycles. The molecule has 0 saturated heterocycles. The normalized spacial score (nSPS) is 15.1. The van der Waals surface area contributed by atoms with Gasteiger partial charge in [-0.15, -0.1) is 0 Å². The molecule has 1 aromatic rings. The predicted molar refractivity (Wildman–Crippen MR) is 73.1 cm³/mol. The van der Waals surface area contributed by atoms with E-state index in [1.165, 1.54) is 17.7 Å². The Balaban J connectivity index is 2.30. The van der Waals surface area contributed by atoms with Crippen LogP contribution in [-0.2, 0) is 6.42 Å². The first-order valence-electron chi connectivity index (χ1n) is 5.52. The second-order valence-electron chi connectivity index (χ2n) is 3.96. The van der Waals surface area contributed by atoms with Crippen LogP contribution in [0.25, 0.3) is 0 Å². The maximum Gasteiger partial charge on any atom is 0.0158 e. The molecule has 0 aromatic carbocycles. The Morgan fingerprint density at radius 1 is 1.53 bits per heavy atom. The summed E-state index contributed by atoms with van der Waals surface area (Å²) in [5.74, 6) is 1.21. The highest BCUT2D eigenvalue weighted by molar-refractivity contribution is 7.98. The van der Waals surface area contributed by atoms with Gasteiger partial charge in [0.25, 0.3) is 0 Å². The van der Waals surface area contributed by atoms with E-state index >= 15 is 0 Å². The van der Waals surface area contributed by atoms with Crippen molar-refractivity contribution in [3.8, 4) is 0 Å². The third kappa shape index (κ3) is 5.05. The van der Waals surface area contributed by atoms with Gasteiger partial charge in [-0.1, -0.05) is 6.92 Å². The predicted octanol–water partition coefficient (Wildman–Crippen LogP) is 3.41. The fourth-order valence-electron chi connectivity index (χ4n) is 1.71. The van der Waals surface area contributed by atoms with Crippen molar-refractivity contribution < 1.29 is 0 Å². The SMILES string of the molecule is CCC(CSC)NC(C)Cc1ccsc1. The molecule has 0 aliphatic rings. The first-order valence-corrected chi connectivity index (χ1v) is 7.86. The lowest BCUT2D eigenvalue weighted by molar-refractivity contribution is 0.461. The third-order valence-electron chi connectivity index (χ3n) is 2.50. The van der Waals surface area contributed by atoms with E-state index in [0.29, 0.717) is 12.1 Å². The number of thiophene rings is 1. The van der Waals surface area contributed by atoms with Gasteiger partial charge in [0.15, 0.2) is 0 Å². The molecular weight excluding hydrogens is 222 g/mol. The van der Waals surface area contributed by atoms with Crippen LogP contribution >= 0.6 is 23.1 Å². The standard InChI is InChI=1S/C12H21NS2/c1-4-12(9-14-3)13-10(2)7-11-5-6-15-8-11/h5-6,8,10,12-13H,4,7,9H2,1-3H3. The topological polar surface area (TPSA) is 12.0 Å². The van der Waals surface area contributed by atoms with E-state index in [9.17, 15) is 0 Å². The van der Waals surface area contributed by atoms with Crippen LogP contribution in [0.1, 0.15) is 25.8 Å². The van der Waals surface area contributed by atoms with E-state index in [2.05, 4.69) is 42.2 Å². The van der Waals surface area contributed by atoms with Crippen molar-refractivity contribution in [1.29, 1.82) is 0 Å². The summed E-state index contributed by atoms with van der Waals surface area (Å²) in [4.78, 5) is 0. The fraction of sp³-hybridized carbons (Fsp3) is 0.667. The van der Waals surface area contributed by atoms with Crippen LogP contribution in [0, 0.1) is 0 Å². The van der Waals surface area contributed by atoms with Crippen LogP contribution < -0.4 is 5.32 Å². The molecule has 0 aliphatic carbocycles. The third-order valence-corrected chi connectivity index (χ3v) is 3.97. The summed E-state index contributed by atoms with van der Waals surface area (Å²) in [5, 5.41) is 8.09. The average Bonchev–Trinajstić information content (AvgIpc) is 2.69. The molecule has 0 radical (unpaired) electrons. The van der Waals surface area contributed by atoms with Gasteiger partial charge in [0.05, 0.1) is 0 Å². The van der Waals surface area contributed by atoms with Crippen LogP contribution in [0.3, 0.4) is 0 Å². The molecule has 0 amide bonds. The zero-order valence-corrected chi connectivity index (χ0v) is 11.5. The van der Waals surface area contributed by atoms with Crippen LogP contribution in [0.5, 0.6) is 0 Å². The highest BCUT2D eigenvalue weighted by Crippen LogP contribution is 2.10. The molecule has 2 atom stereocenters. The molecule has 0 spiro atoms. The van der Waals surface area contributed by atoms with E-state index in [1.807, 2.05) is 11.8 Å². The van der Waals surface area contributed by atoms with Crippen molar-refractivity contribution in [1.82, 2.24) is 5.32 Å². The summed E-state index contributed by atoms with van der Waals surface area (Å²) in [6.45, 7) is 4.53. The molecule has 3 heteroatoms. The Kier molecular flexibility index (Phi) is 6.37. The van der Waals surface area contributed by atoms with E-state index in [0.717, 1.165) is 6.42 Å². The van der Waals surface area contributed by atoms with Crippen molar-refractivity contribution in [3.63, 3.8) is 0 Å². The first-order chi connectivity index (χ1) is 7.26. The minimum atomic E-state index is 0.580. The number of rotatable bonds is 7. The Bertz CT molecular complexity index is 246. The monoisotopic (exact) mass is 243 g/mol. The van der Waals surface area contributed by atoms with Gasteiger partial charge in [-0.2, -0.15) is 23.1 Å². The highest BCUT2D eigenvalue weighted by Gasteiger charge is 2.10. The molecule has 1 rings (SSSR count). The second-order valence-corrected chi connectivity index (χ2v) is 5.65. The lowest BCUT2D eigenvalue weighted by Crippen LogP contribution is -2.38. The Morgan fingerprint density at radius 2 is 2.33 bits per heavy atom. The van der Waals surface area contributed by atoms with Gasteiger partial charge in [0, 0.05) is 17.8 Å². The van der Waals surface area contributed by atoms with Crippen LogP contribution in [-0.4, -0.2) is 24.1 Å². The number of hydrogen-bond acceptors (Lipinski definition) is 3. The van der Waals surface area contributed by atoms with Crippen molar-refractivity contribution in [2.24, 2.45) is 0 Å². The lowest BCUT2D eigenvalue weighted by Gasteiger charge is -2.21. The quantitative estimate of drug-likeness (QED) is 0.787. The summed E-state index contributed by atoms with van der Waals surface area (Å²) < 4.78 is 0. The van der Waals surface area contributed by atoms with Crippen molar-refractivity contribution >= 4 is 23.1 Å². The molecule has 1 aromatic heterocycles. The molecule has 0 bridgehead atoms. The molecule has 0 fully saturated rings. The summed E-state index contributed by atoms with van der Waals surface area (Å²) in [7, 11) is 0. The largest absolute Gasteiger partial charge is 0.310 e. The van der Waals surface area contributed by atoms with Gasteiger partial charge < -0.3 is 5.32 Å². The second kappa shape index (κ2) is 7.31. The smallest absolute Gasteiger partial charge is 0.0158 e. The number of hydrogen-bond donors (Lipinski definition) is 1. The van der Waals surface area contributed by atoms with Gasteiger partial charge in [0.2, 0.25) is 0 Å². The van der Waals surface area contributed by atoms with Gasteiger partial charge in [-0.3, -0.25) is 0 Å². The van der Waals surface area contributed by atoms with Gasteiger partial charge in [-0.25, -0.2) is 0 Å². The van der Waals surface area contributed by atoms with E-state index < -0.39 is 0 Å². The lowest BCUT2D eigenvalue weighted by atomic mass is 10.1. The molecule has 86 valence electrons. The van der Waals surface area contributed by atoms with Crippen molar-refractivity contribution in [2.45, 2.75) is 38.8 Å². The Hall–Kier alpha value is 0.01000. The summed E-state index contributed by atoms with van der Waals surface area (Å²) in [6.07, 6.45) is 4.54. The summed E-state index contributed by atoms with van der Waals surface area (Å²) >= 11 is 3.71. The minimum absolute atomic E-state index is 0.580. The van der Waals surface area contributed by atoms with Crippen LogP contribution in [0.2, 0.25) is 0 Å². The van der Waals surface area contributed by atoms with Crippen LogP contribution in [0.4, 0.5) is 0 Å². The van der Waals surface area contributed by atoms with Crippen molar-refractivity contribution in [3.05, 3.63) is 22.4 Å². The first kappa shape index (κ1) is 13.1. The fourth-order valence-corrected chi connectivity index (χ4v) is 3.12. The molecule has 1 heterocycles. The maximum atomic E-state index is 3.69. The minimum Gasteiger partial charge on any atom is -0.310 e. The maximum absolute atomic E-state index is 3.69. The van der Waals surface area contributed by atoms with Gasteiger partial charge in [-0.05, 0) is 48.4 Å². The highest BCUT2D eigenvalue weighted by atomic mass is 32.2. The van der Waals surface area contributed by atoms with E-state index in [4.69, 9.17) is 0 Å². The molecule has 15 heavy (non-hydrogen) atoms. The number of thioether (sulfide) groups is 1. The zero-order valence-electron chi connectivity index (χ0n) is 9.82. The van der Waals surface area contributed by atoms with E-state index in [1.54, 1.807) is 11.3 Å². The van der Waals surface area contributed by atoms with Crippen molar-refractivity contribution in [2.75, 3.05) is 12.0 Å². The molecule has 2 unspecified atom stereocenters. The average molecular weight is 243 g/mol. The Labute approximate surface area is 102 Å². The Morgan fingerprint density at radius 3 is 2.87 bits per heavy atom.